The van der Waals surface area contributed by atoms with Crippen LogP contribution < -0.4 is 0 Å². The van der Waals surface area contributed by atoms with E-state index in [2.05, 4.69) is 145 Å². The first-order valence-corrected chi connectivity index (χ1v) is 18.6. The SMILES string of the molecule is c1cncc(-c2cccc(-c3nc(-c4ccc(-c5ccc6c(c5)oc5ccccc56)cc4)cc(-c4ccc(-c5ccc6oc7ccccc7c6c5)cc4)n3)c2)c1. The van der Waals surface area contributed by atoms with Gasteiger partial charge in [-0.15, -0.1) is 0 Å². The Balaban J connectivity index is 0.976. The smallest absolute Gasteiger partial charge is 0.160 e. The first-order valence-electron chi connectivity index (χ1n) is 18.6. The third-order valence-corrected chi connectivity index (χ3v) is 10.6. The van der Waals surface area contributed by atoms with Crippen LogP contribution in [-0.4, -0.2) is 15.0 Å². The third kappa shape index (κ3) is 5.62. The molecule has 11 rings (SSSR count). The van der Waals surface area contributed by atoms with E-state index in [1.807, 2.05) is 42.6 Å². The lowest BCUT2D eigenvalue weighted by molar-refractivity contribution is 0.668. The highest BCUT2D eigenvalue weighted by Gasteiger charge is 2.14. The molecule has 0 aliphatic rings. The molecule has 0 fully saturated rings. The van der Waals surface area contributed by atoms with Gasteiger partial charge >= 0.3 is 0 Å². The van der Waals surface area contributed by atoms with Crippen LogP contribution in [0.25, 0.3) is 111 Å². The molecule has 4 heterocycles. The molecule has 0 spiro atoms. The minimum Gasteiger partial charge on any atom is -0.456 e. The minimum absolute atomic E-state index is 0.656. The van der Waals surface area contributed by atoms with Crippen molar-refractivity contribution in [1.82, 2.24) is 15.0 Å². The van der Waals surface area contributed by atoms with Gasteiger partial charge in [0.15, 0.2) is 5.82 Å². The van der Waals surface area contributed by atoms with Crippen molar-refractivity contribution in [2.45, 2.75) is 0 Å². The second kappa shape index (κ2) is 13.0. The summed E-state index contributed by atoms with van der Waals surface area (Å²) in [5.74, 6) is 0.656. The number of para-hydroxylation sites is 2. The Kier molecular flexibility index (Phi) is 7.42. The topological polar surface area (TPSA) is 65.0 Å². The van der Waals surface area contributed by atoms with Gasteiger partial charge in [0.25, 0.3) is 0 Å². The quantitative estimate of drug-likeness (QED) is 0.171. The Morgan fingerprint density at radius 1 is 0.304 bits per heavy atom. The van der Waals surface area contributed by atoms with Crippen LogP contribution in [0.1, 0.15) is 0 Å². The molecular formula is C51H31N3O2. The number of benzene rings is 7. The van der Waals surface area contributed by atoms with Gasteiger partial charge in [-0.2, -0.15) is 0 Å². The summed E-state index contributed by atoms with van der Waals surface area (Å²) in [6, 6.07) is 60.8. The molecule has 7 aromatic carbocycles. The van der Waals surface area contributed by atoms with Gasteiger partial charge in [-0.25, -0.2) is 9.97 Å². The fourth-order valence-electron chi connectivity index (χ4n) is 7.72. The first kappa shape index (κ1) is 31.9. The second-order valence-electron chi connectivity index (χ2n) is 14.1. The average Bonchev–Trinajstić information content (AvgIpc) is 3.84. The van der Waals surface area contributed by atoms with E-state index < -0.39 is 0 Å². The average molecular weight is 718 g/mol. The molecule has 0 atom stereocenters. The lowest BCUT2D eigenvalue weighted by Gasteiger charge is -2.11. The fraction of sp³-hybridized carbons (Fsp3) is 0. The van der Waals surface area contributed by atoms with Crippen LogP contribution in [0, 0.1) is 0 Å². The monoisotopic (exact) mass is 717 g/mol. The van der Waals surface area contributed by atoms with Crippen molar-refractivity contribution < 1.29 is 8.83 Å². The molecule has 262 valence electrons. The molecule has 0 unspecified atom stereocenters. The third-order valence-electron chi connectivity index (χ3n) is 10.6. The number of fused-ring (bicyclic) bond motifs is 6. The van der Waals surface area contributed by atoms with Crippen LogP contribution in [0.15, 0.2) is 197 Å². The van der Waals surface area contributed by atoms with Crippen molar-refractivity contribution in [2.24, 2.45) is 0 Å². The summed E-state index contributed by atoms with van der Waals surface area (Å²) in [6.07, 6.45) is 3.67. The van der Waals surface area contributed by atoms with Crippen molar-refractivity contribution in [3.8, 4) is 67.3 Å². The van der Waals surface area contributed by atoms with E-state index in [1.165, 1.54) is 0 Å². The molecule has 4 aromatic heterocycles. The van der Waals surface area contributed by atoms with Crippen LogP contribution in [0.4, 0.5) is 0 Å². The van der Waals surface area contributed by atoms with E-state index in [0.717, 1.165) is 105 Å². The summed E-state index contributed by atoms with van der Waals surface area (Å²) in [5.41, 5.74) is 14.8. The number of hydrogen-bond donors (Lipinski definition) is 0. The van der Waals surface area contributed by atoms with Gasteiger partial charge in [-0.1, -0.05) is 121 Å². The summed E-state index contributed by atoms with van der Waals surface area (Å²) in [6.45, 7) is 0. The molecule has 0 amide bonds. The van der Waals surface area contributed by atoms with Crippen molar-refractivity contribution >= 4 is 43.9 Å². The summed E-state index contributed by atoms with van der Waals surface area (Å²) >= 11 is 0. The number of rotatable bonds is 6. The summed E-state index contributed by atoms with van der Waals surface area (Å²) < 4.78 is 12.3. The lowest BCUT2D eigenvalue weighted by atomic mass is 9.99. The highest BCUT2D eigenvalue weighted by Crippen LogP contribution is 2.36. The largest absolute Gasteiger partial charge is 0.456 e. The Hall–Kier alpha value is -7.63. The number of aromatic nitrogens is 3. The molecule has 56 heavy (non-hydrogen) atoms. The Bertz CT molecular complexity index is 3230. The van der Waals surface area contributed by atoms with Crippen molar-refractivity contribution in [3.05, 3.63) is 188 Å². The number of pyridine rings is 1. The predicted molar refractivity (Wildman–Crippen MR) is 227 cm³/mol. The predicted octanol–water partition coefficient (Wildman–Crippen LogP) is 13.7. The Morgan fingerprint density at radius 2 is 0.821 bits per heavy atom. The maximum absolute atomic E-state index is 6.19. The van der Waals surface area contributed by atoms with Crippen LogP contribution in [0.2, 0.25) is 0 Å². The lowest BCUT2D eigenvalue weighted by Crippen LogP contribution is -1.96. The van der Waals surface area contributed by atoms with Crippen molar-refractivity contribution in [2.75, 3.05) is 0 Å². The van der Waals surface area contributed by atoms with Gasteiger partial charge in [0.2, 0.25) is 0 Å². The van der Waals surface area contributed by atoms with Crippen LogP contribution in [0.5, 0.6) is 0 Å². The van der Waals surface area contributed by atoms with E-state index in [-0.39, 0.29) is 0 Å². The van der Waals surface area contributed by atoms with Crippen LogP contribution in [0.3, 0.4) is 0 Å². The van der Waals surface area contributed by atoms with E-state index >= 15 is 0 Å². The van der Waals surface area contributed by atoms with E-state index in [9.17, 15) is 0 Å². The van der Waals surface area contributed by atoms with Gasteiger partial charge in [0.05, 0.1) is 11.4 Å². The molecule has 11 aromatic rings. The molecule has 0 radical (unpaired) electrons. The summed E-state index contributed by atoms with van der Waals surface area (Å²) in [7, 11) is 0. The summed E-state index contributed by atoms with van der Waals surface area (Å²) in [4.78, 5) is 14.7. The zero-order valence-corrected chi connectivity index (χ0v) is 30.1. The van der Waals surface area contributed by atoms with Crippen LogP contribution in [-0.2, 0) is 0 Å². The van der Waals surface area contributed by atoms with Gasteiger partial charge in [0, 0.05) is 56.2 Å². The van der Waals surface area contributed by atoms with Crippen LogP contribution >= 0.6 is 0 Å². The normalized spacial score (nSPS) is 11.6. The summed E-state index contributed by atoms with van der Waals surface area (Å²) in [5, 5.41) is 4.48. The number of hydrogen-bond acceptors (Lipinski definition) is 5. The maximum atomic E-state index is 6.19. The van der Waals surface area contributed by atoms with E-state index in [0.29, 0.717) is 5.82 Å². The van der Waals surface area contributed by atoms with Gasteiger partial charge in [0.1, 0.15) is 22.3 Å². The molecule has 0 saturated heterocycles. The Morgan fingerprint density at radius 3 is 1.52 bits per heavy atom. The zero-order valence-electron chi connectivity index (χ0n) is 30.1. The molecule has 0 bridgehead atoms. The molecule has 5 heteroatoms. The van der Waals surface area contributed by atoms with Crippen molar-refractivity contribution in [1.29, 1.82) is 0 Å². The first-order chi connectivity index (χ1) is 27.7. The minimum atomic E-state index is 0.656. The van der Waals surface area contributed by atoms with E-state index in [1.54, 1.807) is 6.20 Å². The zero-order chi connectivity index (χ0) is 37.0. The fourth-order valence-corrected chi connectivity index (χ4v) is 7.72. The Labute approximate surface area is 322 Å². The molecule has 0 saturated carbocycles. The number of nitrogens with zero attached hydrogens (tertiary/aromatic N) is 3. The number of furan rings is 2. The molecule has 0 aliphatic heterocycles. The van der Waals surface area contributed by atoms with Gasteiger partial charge < -0.3 is 8.83 Å². The second-order valence-corrected chi connectivity index (χ2v) is 14.1. The highest BCUT2D eigenvalue weighted by atomic mass is 16.3. The maximum Gasteiger partial charge on any atom is 0.160 e. The molecule has 0 aliphatic carbocycles. The molecule has 0 N–H and O–H groups in total. The highest BCUT2D eigenvalue weighted by molar-refractivity contribution is 6.07. The van der Waals surface area contributed by atoms with Crippen molar-refractivity contribution in [3.63, 3.8) is 0 Å². The van der Waals surface area contributed by atoms with Gasteiger partial charge in [-0.05, 0) is 82.4 Å². The van der Waals surface area contributed by atoms with Gasteiger partial charge in [-0.3, -0.25) is 4.98 Å². The molecular weight excluding hydrogens is 687 g/mol. The van der Waals surface area contributed by atoms with E-state index in [4.69, 9.17) is 18.8 Å². The molecule has 5 nitrogen and oxygen atoms in total. The standard InChI is InChI=1S/C51H31N3O2/c1-3-12-47-41(10-1)43-24-22-38(29-50(43)56-47)33-16-20-35(21-17-33)46-30-45(53-51(54-46)39-8-5-7-36(27-39)40-9-6-26-52-31-40)34-18-14-32(15-19-34)37-23-25-49-44(28-37)42-11-2-4-13-48(42)55-49/h1-31H.